The van der Waals surface area contributed by atoms with Gasteiger partial charge in [-0.25, -0.2) is 4.98 Å². The molecular formula is C15H11BrN2O. The van der Waals surface area contributed by atoms with Crippen molar-refractivity contribution in [1.82, 2.24) is 4.98 Å². The number of benzene rings is 2. The van der Waals surface area contributed by atoms with Crippen molar-refractivity contribution in [2.24, 2.45) is 0 Å². The third kappa shape index (κ3) is 2.39. The SMILES string of the molecule is Oc1ccc(Nc2ncc(Br)c3ccccc23)cc1. The topological polar surface area (TPSA) is 45.1 Å². The van der Waals surface area contributed by atoms with E-state index in [4.69, 9.17) is 0 Å². The number of anilines is 2. The first-order valence-corrected chi connectivity index (χ1v) is 6.62. The Morgan fingerprint density at radius 3 is 2.37 bits per heavy atom. The summed E-state index contributed by atoms with van der Waals surface area (Å²) >= 11 is 3.50. The molecule has 2 N–H and O–H groups in total. The quantitative estimate of drug-likeness (QED) is 0.687. The summed E-state index contributed by atoms with van der Waals surface area (Å²) in [6.45, 7) is 0. The first-order chi connectivity index (χ1) is 9.24. The Labute approximate surface area is 119 Å². The molecule has 19 heavy (non-hydrogen) atoms. The number of nitrogens with one attached hydrogen (secondary N) is 1. The number of aromatic hydroxyl groups is 1. The molecule has 4 heteroatoms. The molecular weight excluding hydrogens is 304 g/mol. The van der Waals surface area contributed by atoms with E-state index in [-0.39, 0.29) is 5.75 Å². The van der Waals surface area contributed by atoms with E-state index in [1.807, 2.05) is 36.4 Å². The summed E-state index contributed by atoms with van der Waals surface area (Å²) in [5, 5.41) is 14.7. The summed E-state index contributed by atoms with van der Waals surface area (Å²) in [5.74, 6) is 1.05. The van der Waals surface area contributed by atoms with Gasteiger partial charge in [0.05, 0.1) is 0 Å². The van der Waals surface area contributed by atoms with Crippen LogP contribution in [0.25, 0.3) is 10.8 Å². The van der Waals surface area contributed by atoms with Gasteiger partial charge >= 0.3 is 0 Å². The minimum Gasteiger partial charge on any atom is -0.508 e. The highest BCUT2D eigenvalue weighted by Crippen LogP contribution is 2.29. The zero-order valence-corrected chi connectivity index (χ0v) is 11.6. The predicted octanol–water partition coefficient (Wildman–Crippen LogP) is 4.45. The number of fused-ring (bicyclic) bond motifs is 1. The molecule has 0 aliphatic carbocycles. The molecule has 3 rings (SSSR count). The summed E-state index contributed by atoms with van der Waals surface area (Å²) < 4.78 is 0.972. The Morgan fingerprint density at radius 2 is 1.63 bits per heavy atom. The second kappa shape index (κ2) is 4.90. The van der Waals surface area contributed by atoms with E-state index in [0.717, 1.165) is 26.8 Å². The Hall–Kier alpha value is -2.07. The normalized spacial score (nSPS) is 10.6. The molecule has 94 valence electrons. The Morgan fingerprint density at radius 1 is 0.947 bits per heavy atom. The average molecular weight is 315 g/mol. The maximum absolute atomic E-state index is 9.28. The van der Waals surface area contributed by atoms with Crippen molar-refractivity contribution in [2.45, 2.75) is 0 Å². The number of phenolic OH excluding ortho intramolecular Hbond substituents is 1. The Kier molecular flexibility index (Phi) is 3.09. The van der Waals surface area contributed by atoms with E-state index in [9.17, 15) is 5.11 Å². The molecule has 0 spiro atoms. The van der Waals surface area contributed by atoms with Gasteiger partial charge in [0.25, 0.3) is 0 Å². The van der Waals surface area contributed by atoms with E-state index in [0.29, 0.717) is 0 Å². The van der Waals surface area contributed by atoms with Crippen molar-refractivity contribution >= 4 is 38.2 Å². The van der Waals surface area contributed by atoms with Gasteiger partial charge in [0.2, 0.25) is 0 Å². The molecule has 0 unspecified atom stereocenters. The number of aromatic nitrogens is 1. The summed E-state index contributed by atoms with van der Waals surface area (Å²) in [4.78, 5) is 4.40. The van der Waals surface area contributed by atoms with Crippen molar-refractivity contribution in [2.75, 3.05) is 5.32 Å². The first kappa shape index (κ1) is 12.0. The molecule has 3 aromatic rings. The van der Waals surface area contributed by atoms with E-state index in [2.05, 4.69) is 26.2 Å². The van der Waals surface area contributed by atoms with E-state index in [1.165, 1.54) is 0 Å². The minimum absolute atomic E-state index is 0.249. The van der Waals surface area contributed by atoms with Crippen LogP contribution in [0.1, 0.15) is 0 Å². The Bertz CT molecular complexity index is 726. The Balaban J connectivity index is 2.06. The molecule has 0 aliphatic heterocycles. The van der Waals surface area contributed by atoms with Crippen molar-refractivity contribution < 1.29 is 5.11 Å². The molecule has 0 saturated heterocycles. The summed E-state index contributed by atoms with van der Waals surface area (Å²) in [6.07, 6.45) is 1.78. The van der Waals surface area contributed by atoms with Crippen molar-refractivity contribution in [1.29, 1.82) is 0 Å². The molecule has 3 nitrogen and oxygen atoms in total. The lowest BCUT2D eigenvalue weighted by Crippen LogP contribution is -1.94. The van der Waals surface area contributed by atoms with Crippen molar-refractivity contribution in [3.63, 3.8) is 0 Å². The minimum atomic E-state index is 0.249. The van der Waals surface area contributed by atoms with Gasteiger partial charge in [-0.05, 0) is 40.2 Å². The number of hydrogen-bond acceptors (Lipinski definition) is 3. The van der Waals surface area contributed by atoms with Crippen LogP contribution in [0, 0.1) is 0 Å². The number of hydrogen-bond donors (Lipinski definition) is 2. The predicted molar refractivity (Wildman–Crippen MR) is 80.8 cm³/mol. The van der Waals surface area contributed by atoms with Crippen LogP contribution in [0.3, 0.4) is 0 Å². The van der Waals surface area contributed by atoms with Gasteiger partial charge in [0.1, 0.15) is 11.6 Å². The van der Waals surface area contributed by atoms with Crippen LogP contribution in [-0.4, -0.2) is 10.1 Å². The van der Waals surface area contributed by atoms with Crippen LogP contribution in [-0.2, 0) is 0 Å². The van der Waals surface area contributed by atoms with Crippen LogP contribution in [0.5, 0.6) is 5.75 Å². The highest BCUT2D eigenvalue weighted by Gasteiger charge is 2.05. The molecule has 0 aliphatic rings. The molecule has 0 fully saturated rings. The third-order valence-electron chi connectivity index (χ3n) is 2.88. The molecule has 0 atom stereocenters. The van der Waals surface area contributed by atoms with Crippen molar-refractivity contribution in [3.8, 4) is 5.75 Å². The fourth-order valence-corrected chi connectivity index (χ4v) is 2.39. The molecule has 2 aromatic carbocycles. The molecule has 1 heterocycles. The number of pyridine rings is 1. The van der Waals surface area contributed by atoms with E-state index in [1.54, 1.807) is 18.3 Å². The number of phenols is 1. The van der Waals surface area contributed by atoms with Gasteiger partial charge in [-0.3, -0.25) is 0 Å². The van der Waals surface area contributed by atoms with Crippen LogP contribution in [0.2, 0.25) is 0 Å². The average Bonchev–Trinajstić information content (AvgIpc) is 2.45. The zero-order chi connectivity index (χ0) is 13.2. The second-order valence-electron chi connectivity index (χ2n) is 4.17. The van der Waals surface area contributed by atoms with Gasteiger partial charge in [-0.2, -0.15) is 0 Å². The lowest BCUT2D eigenvalue weighted by molar-refractivity contribution is 0.475. The van der Waals surface area contributed by atoms with Crippen LogP contribution >= 0.6 is 15.9 Å². The maximum Gasteiger partial charge on any atom is 0.138 e. The smallest absolute Gasteiger partial charge is 0.138 e. The number of rotatable bonds is 2. The lowest BCUT2D eigenvalue weighted by Gasteiger charge is -2.09. The van der Waals surface area contributed by atoms with Crippen LogP contribution < -0.4 is 5.32 Å². The molecule has 0 saturated carbocycles. The van der Waals surface area contributed by atoms with Gasteiger partial charge in [-0.1, -0.05) is 24.3 Å². The highest BCUT2D eigenvalue weighted by atomic mass is 79.9. The highest BCUT2D eigenvalue weighted by molar-refractivity contribution is 9.10. The van der Waals surface area contributed by atoms with E-state index < -0.39 is 0 Å². The maximum atomic E-state index is 9.28. The summed E-state index contributed by atoms with van der Waals surface area (Å²) in [5.41, 5.74) is 0.887. The largest absolute Gasteiger partial charge is 0.508 e. The monoisotopic (exact) mass is 314 g/mol. The first-order valence-electron chi connectivity index (χ1n) is 5.83. The summed E-state index contributed by atoms with van der Waals surface area (Å²) in [7, 11) is 0. The third-order valence-corrected chi connectivity index (χ3v) is 3.51. The second-order valence-corrected chi connectivity index (χ2v) is 5.03. The molecule has 1 aromatic heterocycles. The van der Waals surface area contributed by atoms with E-state index >= 15 is 0 Å². The lowest BCUT2D eigenvalue weighted by atomic mass is 10.1. The standard InChI is InChI=1S/C15H11BrN2O/c16-14-9-17-15(13-4-2-1-3-12(13)14)18-10-5-7-11(19)8-6-10/h1-9,19H,(H,17,18). The van der Waals surface area contributed by atoms with Gasteiger partial charge < -0.3 is 10.4 Å². The fraction of sp³-hybridized carbons (Fsp3) is 0. The molecule has 0 amide bonds. The van der Waals surface area contributed by atoms with Gasteiger partial charge in [0.15, 0.2) is 0 Å². The number of nitrogens with zero attached hydrogens (tertiary/aromatic N) is 1. The van der Waals surface area contributed by atoms with Crippen LogP contribution in [0.15, 0.2) is 59.2 Å². The molecule has 0 bridgehead atoms. The van der Waals surface area contributed by atoms with Crippen molar-refractivity contribution in [3.05, 3.63) is 59.2 Å². The molecule has 0 radical (unpaired) electrons. The van der Waals surface area contributed by atoms with Gasteiger partial charge in [0, 0.05) is 27.1 Å². The number of halogens is 1. The summed E-state index contributed by atoms with van der Waals surface area (Å²) in [6, 6.07) is 15.0. The zero-order valence-electron chi connectivity index (χ0n) is 9.97. The fourth-order valence-electron chi connectivity index (χ4n) is 1.94. The van der Waals surface area contributed by atoms with Crippen LogP contribution in [0.4, 0.5) is 11.5 Å². The van der Waals surface area contributed by atoms with Gasteiger partial charge in [-0.15, -0.1) is 0 Å².